The number of hydrogen-bond donors (Lipinski definition) is 1. The van der Waals surface area contributed by atoms with Gasteiger partial charge in [-0.05, 0) is 55.5 Å². The van der Waals surface area contributed by atoms with Crippen molar-refractivity contribution in [3.05, 3.63) is 59.6 Å². The number of aliphatic hydroxyl groups excluding tert-OH is 1. The number of rotatable bonds is 6. The summed E-state index contributed by atoms with van der Waals surface area (Å²) in [5.41, 5.74) is 3.07. The molecule has 8 nitrogen and oxygen atoms in total. The number of carbonyl (C=O) groups excluding carboxylic acids is 2. The minimum atomic E-state index is -0.389. The van der Waals surface area contributed by atoms with E-state index < -0.39 is 0 Å². The van der Waals surface area contributed by atoms with Gasteiger partial charge in [0.15, 0.2) is 0 Å². The summed E-state index contributed by atoms with van der Waals surface area (Å²) >= 11 is 0. The minimum Gasteiger partial charge on any atom is -0.472 e. The van der Waals surface area contributed by atoms with Crippen LogP contribution < -0.4 is 4.74 Å². The zero-order valence-corrected chi connectivity index (χ0v) is 20.0. The smallest absolute Gasteiger partial charge is 0.259 e. The van der Waals surface area contributed by atoms with Crippen molar-refractivity contribution < 1.29 is 19.4 Å². The molecule has 0 unspecified atom stereocenters. The third-order valence-electron chi connectivity index (χ3n) is 6.66. The Bertz CT molecular complexity index is 1070. The third kappa shape index (κ3) is 4.97. The molecule has 0 radical (unpaired) electrons. The Morgan fingerprint density at radius 1 is 1.35 bits per heavy atom. The minimum absolute atomic E-state index is 0.0993. The summed E-state index contributed by atoms with van der Waals surface area (Å²) in [5.74, 6) is -0.161. The van der Waals surface area contributed by atoms with Gasteiger partial charge in [0, 0.05) is 43.7 Å². The number of hydrogen-bond acceptors (Lipinski definition) is 6. The van der Waals surface area contributed by atoms with Crippen LogP contribution in [0.3, 0.4) is 0 Å². The summed E-state index contributed by atoms with van der Waals surface area (Å²) in [6, 6.07) is 4.87. The van der Waals surface area contributed by atoms with Gasteiger partial charge in [-0.3, -0.25) is 14.6 Å². The number of fused-ring (bicyclic) bond motifs is 1. The molecule has 0 spiro atoms. The summed E-state index contributed by atoms with van der Waals surface area (Å²) in [7, 11) is 1.74. The highest BCUT2D eigenvalue weighted by molar-refractivity contribution is 5.97. The van der Waals surface area contributed by atoms with Crippen molar-refractivity contribution in [1.82, 2.24) is 19.8 Å². The zero-order chi connectivity index (χ0) is 24.2. The summed E-state index contributed by atoms with van der Waals surface area (Å²) < 4.78 is 6.31. The fourth-order valence-electron chi connectivity index (χ4n) is 4.50. The number of nitrogens with zero attached hydrogens (tertiary/aromatic N) is 4. The summed E-state index contributed by atoms with van der Waals surface area (Å²) in [6.07, 6.45) is 9.84. The third-order valence-corrected chi connectivity index (χ3v) is 6.66. The van der Waals surface area contributed by atoms with Crippen LogP contribution in [-0.4, -0.2) is 75.6 Å². The molecule has 2 aromatic rings. The molecule has 2 aromatic heterocycles. The predicted octanol–water partition coefficient (Wildman–Crippen LogP) is 3.04. The first kappa shape index (κ1) is 23.9. The largest absolute Gasteiger partial charge is 0.472 e. The molecule has 3 heterocycles. The average molecular weight is 465 g/mol. The molecule has 1 aliphatic heterocycles. The molecule has 34 heavy (non-hydrogen) atoms. The van der Waals surface area contributed by atoms with Gasteiger partial charge in [0.2, 0.25) is 5.88 Å². The van der Waals surface area contributed by atoms with E-state index in [9.17, 15) is 14.7 Å². The van der Waals surface area contributed by atoms with Crippen molar-refractivity contribution in [2.24, 2.45) is 5.92 Å². The first-order chi connectivity index (χ1) is 16.4. The maximum Gasteiger partial charge on any atom is 0.259 e. The van der Waals surface area contributed by atoms with Crippen LogP contribution in [0, 0.1) is 5.92 Å². The first-order valence-corrected chi connectivity index (χ1v) is 11.8. The number of aliphatic hydroxyl groups is 1. The van der Waals surface area contributed by atoms with E-state index in [0.29, 0.717) is 24.2 Å². The Morgan fingerprint density at radius 3 is 2.79 bits per heavy atom. The Hall–Kier alpha value is -3.26. The molecule has 8 heteroatoms. The normalized spacial score (nSPS) is 21.1. The predicted molar refractivity (Wildman–Crippen MR) is 128 cm³/mol. The molecule has 180 valence electrons. The van der Waals surface area contributed by atoms with Crippen molar-refractivity contribution in [3.8, 4) is 5.88 Å². The van der Waals surface area contributed by atoms with Crippen molar-refractivity contribution in [2.45, 2.75) is 45.3 Å². The molecule has 0 saturated carbocycles. The quantitative estimate of drug-likeness (QED) is 0.706. The number of aromatic nitrogens is 2. The number of likely N-dealkylation sites (N-methyl/N-ethyl adjacent to an activating group) is 1. The van der Waals surface area contributed by atoms with E-state index in [1.165, 1.54) is 5.57 Å². The second-order valence-corrected chi connectivity index (χ2v) is 9.24. The molecule has 3 atom stereocenters. The van der Waals surface area contributed by atoms with E-state index in [1.54, 1.807) is 47.6 Å². The lowest BCUT2D eigenvalue weighted by Gasteiger charge is -2.37. The van der Waals surface area contributed by atoms with Crippen LogP contribution >= 0.6 is 0 Å². The second-order valence-electron chi connectivity index (χ2n) is 9.24. The van der Waals surface area contributed by atoms with Gasteiger partial charge in [0.05, 0.1) is 19.2 Å². The number of amides is 2. The van der Waals surface area contributed by atoms with Crippen LogP contribution in [0.5, 0.6) is 5.88 Å². The van der Waals surface area contributed by atoms with Crippen LogP contribution in [0.1, 0.15) is 59.4 Å². The van der Waals surface area contributed by atoms with Crippen molar-refractivity contribution in [3.63, 3.8) is 0 Å². The average Bonchev–Trinajstić information content (AvgIpc) is 3.40. The maximum absolute atomic E-state index is 13.5. The first-order valence-electron chi connectivity index (χ1n) is 11.8. The number of pyridine rings is 2. The summed E-state index contributed by atoms with van der Waals surface area (Å²) in [6.45, 7) is 4.40. The zero-order valence-electron chi connectivity index (χ0n) is 20.0. The molecule has 1 N–H and O–H groups in total. The Labute approximate surface area is 200 Å². The van der Waals surface area contributed by atoms with Crippen LogP contribution in [0.2, 0.25) is 0 Å². The molecule has 0 bridgehead atoms. The molecular weight excluding hydrogens is 432 g/mol. The number of allylic oxidation sites excluding steroid dienone is 2. The van der Waals surface area contributed by atoms with E-state index in [2.05, 4.69) is 16.0 Å². The van der Waals surface area contributed by atoms with Gasteiger partial charge in [-0.2, -0.15) is 0 Å². The lowest BCUT2D eigenvalue weighted by atomic mass is 9.99. The van der Waals surface area contributed by atoms with Crippen molar-refractivity contribution in [1.29, 1.82) is 0 Å². The van der Waals surface area contributed by atoms with E-state index in [0.717, 1.165) is 24.8 Å². The highest BCUT2D eigenvalue weighted by Gasteiger charge is 2.35. The molecule has 2 aliphatic rings. The van der Waals surface area contributed by atoms with E-state index >= 15 is 0 Å². The lowest BCUT2D eigenvalue weighted by molar-refractivity contribution is 0.0313. The lowest BCUT2D eigenvalue weighted by Crippen LogP contribution is -2.50. The van der Waals surface area contributed by atoms with Gasteiger partial charge in [-0.15, -0.1) is 0 Å². The topological polar surface area (TPSA) is 95.9 Å². The molecule has 4 rings (SSSR count). The van der Waals surface area contributed by atoms with E-state index in [-0.39, 0.29) is 42.4 Å². The standard InChI is InChI=1S/C26H32N4O4/c1-17-14-30(18(2)16-31)26(33)22-12-21(19-6-4-5-7-19)13-28-24(22)34-23(17)15-29(3)25(32)20-8-10-27-11-9-20/h6,8-13,17-18,23,31H,4-5,7,14-16H2,1-3H3/t17-,18+,23-/m0/s1. The van der Waals surface area contributed by atoms with Gasteiger partial charge >= 0.3 is 0 Å². The number of ether oxygens (including phenoxy) is 1. The highest BCUT2D eigenvalue weighted by atomic mass is 16.5. The van der Waals surface area contributed by atoms with Crippen LogP contribution in [0.4, 0.5) is 0 Å². The molecule has 1 aliphatic carbocycles. The van der Waals surface area contributed by atoms with Crippen LogP contribution in [0.15, 0.2) is 42.9 Å². The van der Waals surface area contributed by atoms with Gasteiger partial charge in [-0.25, -0.2) is 4.98 Å². The second kappa shape index (κ2) is 10.3. The van der Waals surface area contributed by atoms with Crippen LogP contribution in [0.25, 0.3) is 5.57 Å². The molecule has 0 saturated heterocycles. The SMILES string of the molecule is C[C@H](CO)N1C[C@H](C)[C@H](CN(C)C(=O)c2ccncc2)Oc2ncc(C3=CCCC3)cc2C1=O. The Morgan fingerprint density at radius 2 is 2.12 bits per heavy atom. The molecule has 2 amide bonds. The monoisotopic (exact) mass is 464 g/mol. The van der Waals surface area contributed by atoms with Gasteiger partial charge in [0.1, 0.15) is 11.7 Å². The molecule has 0 aromatic carbocycles. The fourth-order valence-corrected chi connectivity index (χ4v) is 4.50. The Kier molecular flexibility index (Phi) is 7.26. The van der Waals surface area contributed by atoms with Crippen molar-refractivity contribution in [2.75, 3.05) is 26.7 Å². The molecular formula is C26H32N4O4. The van der Waals surface area contributed by atoms with Crippen molar-refractivity contribution >= 4 is 17.4 Å². The van der Waals surface area contributed by atoms with Gasteiger partial charge < -0.3 is 19.6 Å². The van der Waals surface area contributed by atoms with Gasteiger partial charge in [-0.1, -0.05) is 13.0 Å². The maximum atomic E-state index is 13.5. The molecule has 0 fully saturated rings. The number of carbonyl (C=O) groups is 2. The summed E-state index contributed by atoms with van der Waals surface area (Å²) in [4.78, 5) is 38.3. The summed E-state index contributed by atoms with van der Waals surface area (Å²) in [5, 5.41) is 9.83. The Balaban J connectivity index is 1.65. The van der Waals surface area contributed by atoms with E-state index in [4.69, 9.17) is 4.74 Å². The van der Waals surface area contributed by atoms with E-state index in [1.807, 2.05) is 19.9 Å². The van der Waals surface area contributed by atoms with Crippen LogP contribution in [-0.2, 0) is 0 Å². The highest BCUT2D eigenvalue weighted by Crippen LogP contribution is 2.32. The fraction of sp³-hybridized carbons (Fsp3) is 0.462. The van der Waals surface area contributed by atoms with Gasteiger partial charge in [0.25, 0.3) is 11.8 Å².